The first kappa shape index (κ1) is 16.6. The van der Waals surface area contributed by atoms with E-state index < -0.39 is 5.91 Å². The van der Waals surface area contributed by atoms with E-state index in [9.17, 15) is 9.59 Å². The summed E-state index contributed by atoms with van der Waals surface area (Å²) >= 11 is 0. The number of nitrogens with zero attached hydrogens (tertiary/aromatic N) is 1. The molecule has 7 nitrogen and oxygen atoms in total. The van der Waals surface area contributed by atoms with Crippen LogP contribution >= 0.6 is 0 Å². The highest BCUT2D eigenvalue weighted by atomic mass is 16.5. The Balaban J connectivity index is 1.72. The Morgan fingerprint density at radius 3 is 3.08 bits per heavy atom. The van der Waals surface area contributed by atoms with E-state index in [0.717, 1.165) is 6.42 Å². The van der Waals surface area contributed by atoms with Crippen LogP contribution in [-0.2, 0) is 9.47 Å². The Bertz CT molecular complexity index is 768. The second-order valence-corrected chi connectivity index (χ2v) is 5.77. The monoisotopic (exact) mass is 331 g/mol. The zero-order chi connectivity index (χ0) is 16.9. The molecule has 2 unspecified atom stereocenters. The van der Waals surface area contributed by atoms with Crippen LogP contribution in [0.15, 0.2) is 29.1 Å². The van der Waals surface area contributed by atoms with E-state index in [0.29, 0.717) is 37.3 Å². The first-order chi connectivity index (χ1) is 11.7. The van der Waals surface area contributed by atoms with Gasteiger partial charge < -0.3 is 14.8 Å². The molecule has 0 aliphatic carbocycles. The van der Waals surface area contributed by atoms with Crippen molar-refractivity contribution in [2.75, 3.05) is 26.4 Å². The quantitative estimate of drug-likeness (QED) is 0.826. The Hall–Kier alpha value is -2.25. The molecule has 1 fully saturated rings. The van der Waals surface area contributed by atoms with E-state index >= 15 is 0 Å². The molecule has 0 radical (unpaired) electrons. The highest BCUT2D eigenvalue weighted by Crippen LogP contribution is 2.19. The van der Waals surface area contributed by atoms with Crippen LogP contribution in [0.3, 0.4) is 0 Å². The van der Waals surface area contributed by atoms with Gasteiger partial charge in [-0.25, -0.2) is 0 Å². The maximum Gasteiger partial charge on any atom is 0.275 e. The van der Waals surface area contributed by atoms with Gasteiger partial charge in [0, 0.05) is 31.1 Å². The van der Waals surface area contributed by atoms with Crippen molar-refractivity contribution in [2.24, 2.45) is 5.92 Å². The van der Waals surface area contributed by atoms with E-state index in [1.807, 2.05) is 6.92 Å². The number of aromatic nitrogens is 2. The van der Waals surface area contributed by atoms with Crippen LogP contribution in [0, 0.1) is 5.92 Å². The van der Waals surface area contributed by atoms with Gasteiger partial charge in [0.1, 0.15) is 0 Å². The van der Waals surface area contributed by atoms with Crippen LogP contribution in [-0.4, -0.2) is 48.6 Å². The summed E-state index contributed by atoms with van der Waals surface area (Å²) in [6.45, 7) is 4.16. The van der Waals surface area contributed by atoms with Gasteiger partial charge in [-0.05, 0) is 25.5 Å². The van der Waals surface area contributed by atoms with Crippen molar-refractivity contribution in [3.05, 3.63) is 40.2 Å². The first-order valence-corrected chi connectivity index (χ1v) is 8.15. The molecule has 1 amide bonds. The van der Waals surface area contributed by atoms with Gasteiger partial charge in [-0.15, -0.1) is 0 Å². The lowest BCUT2D eigenvalue weighted by Crippen LogP contribution is -2.40. The Labute approximate surface area is 139 Å². The van der Waals surface area contributed by atoms with E-state index in [-0.39, 0.29) is 23.1 Å². The molecule has 3 rings (SSSR count). The molecule has 1 aliphatic heterocycles. The van der Waals surface area contributed by atoms with Gasteiger partial charge in [0.2, 0.25) is 5.43 Å². The van der Waals surface area contributed by atoms with E-state index in [2.05, 4.69) is 15.5 Å². The van der Waals surface area contributed by atoms with E-state index in [1.165, 1.54) is 0 Å². The van der Waals surface area contributed by atoms with Crippen molar-refractivity contribution < 1.29 is 14.3 Å². The third-order valence-corrected chi connectivity index (χ3v) is 4.23. The third-order valence-electron chi connectivity index (χ3n) is 4.23. The van der Waals surface area contributed by atoms with Crippen LogP contribution in [0.25, 0.3) is 10.9 Å². The molecular formula is C17H21N3O4. The molecule has 1 aromatic carbocycles. The van der Waals surface area contributed by atoms with Gasteiger partial charge in [0.25, 0.3) is 5.91 Å². The van der Waals surface area contributed by atoms with Gasteiger partial charge >= 0.3 is 0 Å². The number of ether oxygens (including phenoxy) is 2. The topological polar surface area (TPSA) is 93.3 Å². The highest BCUT2D eigenvalue weighted by Gasteiger charge is 2.27. The van der Waals surface area contributed by atoms with Gasteiger partial charge in [0.15, 0.2) is 5.69 Å². The number of aromatic amines is 1. The lowest BCUT2D eigenvalue weighted by atomic mass is 10.0. The van der Waals surface area contributed by atoms with Crippen molar-refractivity contribution in [3.8, 4) is 0 Å². The second-order valence-electron chi connectivity index (χ2n) is 5.77. The molecule has 1 saturated heterocycles. The number of amides is 1. The summed E-state index contributed by atoms with van der Waals surface area (Å²) in [5.41, 5.74) is 0.0972. The van der Waals surface area contributed by atoms with Crippen molar-refractivity contribution in [1.29, 1.82) is 0 Å². The molecule has 128 valence electrons. The second kappa shape index (κ2) is 7.55. The average Bonchev–Trinajstić information content (AvgIpc) is 3.13. The molecule has 2 N–H and O–H groups in total. The first-order valence-electron chi connectivity index (χ1n) is 8.15. The van der Waals surface area contributed by atoms with Gasteiger partial charge in [-0.1, -0.05) is 12.1 Å². The summed E-state index contributed by atoms with van der Waals surface area (Å²) in [5.74, 6) is -0.237. The number of hydrogen-bond donors (Lipinski definition) is 2. The number of rotatable bonds is 6. The van der Waals surface area contributed by atoms with Gasteiger partial charge in [-0.3, -0.25) is 14.7 Å². The minimum absolute atomic E-state index is 0.124. The molecule has 7 heteroatoms. The minimum Gasteiger partial charge on any atom is -0.381 e. The highest BCUT2D eigenvalue weighted by molar-refractivity contribution is 5.95. The average molecular weight is 331 g/mol. The van der Waals surface area contributed by atoms with Crippen LogP contribution in [0.5, 0.6) is 0 Å². The molecule has 1 aromatic heterocycles. The van der Waals surface area contributed by atoms with Gasteiger partial charge in [0.05, 0.1) is 18.2 Å². The summed E-state index contributed by atoms with van der Waals surface area (Å²) in [6, 6.07) is 6.97. The molecule has 0 spiro atoms. The molecule has 1 aliphatic rings. The number of carbonyl (C=O) groups excluding carboxylic acids is 1. The van der Waals surface area contributed by atoms with Crippen molar-refractivity contribution >= 4 is 16.8 Å². The van der Waals surface area contributed by atoms with E-state index in [1.54, 1.807) is 24.3 Å². The van der Waals surface area contributed by atoms with E-state index in [4.69, 9.17) is 9.47 Å². The molecule has 2 atom stereocenters. The lowest BCUT2D eigenvalue weighted by molar-refractivity contribution is 0.0163. The summed E-state index contributed by atoms with van der Waals surface area (Å²) in [6.07, 6.45) is 0.788. The predicted molar refractivity (Wildman–Crippen MR) is 89.0 cm³/mol. The van der Waals surface area contributed by atoms with Crippen molar-refractivity contribution in [3.63, 3.8) is 0 Å². The van der Waals surface area contributed by atoms with Crippen LogP contribution in [0.2, 0.25) is 0 Å². The predicted octanol–water partition coefficient (Wildman–Crippen LogP) is 1.09. The van der Waals surface area contributed by atoms with Crippen molar-refractivity contribution in [2.45, 2.75) is 19.4 Å². The molecule has 0 saturated carbocycles. The molecule has 0 bridgehead atoms. The fraction of sp³-hybridized carbons (Fsp3) is 0.471. The summed E-state index contributed by atoms with van der Waals surface area (Å²) in [4.78, 5) is 24.8. The summed E-state index contributed by atoms with van der Waals surface area (Å²) < 4.78 is 11.1. The number of nitrogens with one attached hydrogen (secondary N) is 2. The third kappa shape index (κ3) is 3.47. The fourth-order valence-electron chi connectivity index (χ4n) is 2.93. The number of benzene rings is 1. The smallest absolute Gasteiger partial charge is 0.275 e. The maximum absolute atomic E-state index is 12.4. The number of carbonyl (C=O) groups is 1. The Morgan fingerprint density at radius 1 is 1.50 bits per heavy atom. The number of fused-ring (bicyclic) bond motifs is 1. The zero-order valence-corrected chi connectivity index (χ0v) is 13.6. The summed E-state index contributed by atoms with van der Waals surface area (Å²) in [5, 5.41) is 9.87. The Kier molecular flexibility index (Phi) is 5.22. The molecule has 2 aromatic rings. The lowest BCUT2D eigenvalue weighted by Gasteiger charge is -2.22. The van der Waals surface area contributed by atoms with Gasteiger partial charge in [-0.2, -0.15) is 5.10 Å². The van der Waals surface area contributed by atoms with Crippen molar-refractivity contribution in [1.82, 2.24) is 15.5 Å². The minimum atomic E-state index is -0.495. The SMILES string of the molecule is CCOC(CNC(=O)c1n[nH]c2ccccc2c1=O)C1CCOC1. The maximum atomic E-state index is 12.4. The fourth-order valence-corrected chi connectivity index (χ4v) is 2.93. The molecule has 24 heavy (non-hydrogen) atoms. The normalized spacial score (nSPS) is 18.6. The number of H-pyrrole nitrogens is 1. The van der Waals surface area contributed by atoms with Crippen LogP contribution < -0.4 is 10.7 Å². The number of hydrogen-bond acceptors (Lipinski definition) is 5. The number of para-hydroxylation sites is 1. The standard InChI is InChI=1S/C17H21N3O4/c1-2-24-14(11-7-8-23-10-11)9-18-17(22)15-16(21)12-5-3-4-6-13(12)19-20-15/h3-6,11,14H,2,7-10H2,1H3,(H,18,22)(H,19,21). The zero-order valence-electron chi connectivity index (χ0n) is 13.6. The largest absolute Gasteiger partial charge is 0.381 e. The Morgan fingerprint density at radius 2 is 2.33 bits per heavy atom. The van der Waals surface area contributed by atoms with Crippen LogP contribution in [0.4, 0.5) is 0 Å². The molecular weight excluding hydrogens is 310 g/mol. The molecule has 2 heterocycles. The summed E-state index contributed by atoms with van der Waals surface area (Å²) in [7, 11) is 0. The van der Waals surface area contributed by atoms with Crippen LogP contribution in [0.1, 0.15) is 23.8 Å².